The Morgan fingerprint density at radius 2 is 1.94 bits per heavy atom. The fraction of sp³-hybridized carbons (Fsp3) is 0.231. The fourth-order valence-corrected chi connectivity index (χ4v) is 1.58. The zero-order chi connectivity index (χ0) is 11.9. The second-order valence-electron chi connectivity index (χ2n) is 3.72. The molecule has 88 valence electrons. The Morgan fingerprint density at radius 1 is 1.12 bits per heavy atom. The highest BCUT2D eigenvalue weighted by molar-refractivity contribution is 5.33. The van der Waals surface area contributed by atoms with Gasteiger partial charge < -0.3 is 11.1 Å². The van der Waals surface area contributed by atoms with Crippen molar-refractivity contribution in [2.45, 2.75) is 13.0 Å². The van der Waals surface area contributed by atoms with Crippen LogP contribution in [0.5, 0.6) is 0 Å². The lowest BCUT2D eigenvalue weighted by atomic mass is 10.1. The summed E-state index contributed by atoms with van der Waals surface area (Å²) < 4.78 is 0. The van der Waals surface area contributed by atoms with Crippen molar-refractivity contribution >= 4 is 5.82 Å². The first kappa shape index (κ1) is 11.5. The van der Waals surface area contributed by atoms with Gasteiger partial charge >= 0.3 is 0 Å². The summed E-state index contributed by atoms with van der Waals surface area (Å²) >= 11 is 0. The van der Waals surface area contributed by atoms with Crippen LogP contribution in [-0.2, 0) is 13.0 Å². The van der Waals surface area contributed by atoms with Gasteiger partial charge in [0, 0.05) is 12.7 Å². The molecule has 0 aliphatic carbocycles. The third kappa shape index (κ3) is 3.53. The summed E-state index contributed by atoms with van der Waals surface area (Å²) in [5, 5.41) is 3.26. The van der Waals surface area contributed by atoms with Crippen LogP contribution in [0.15, 0.2) is 42.6 Å². The number of benzene rings is 1. The van der Waals surface area contributed by atoms with E-state index >= 15 is 0 Å². The van der Waals surface area contributed by atoms with Gasteiger partial charge in [0.15, 0.2) is 0 Å². The van der Waals surface area contributed by atoms with Gasteiger partial charge in [-0.2, -0.15) is 0 Å². The number of anilines is 1. The molecule has 0 atom stereocenters. The molecule has 0 amide bonds. The Balaban J connectivity index is 1.86. The van der Waals surface area contributed by atoms with E-state index in [-0.39, 0.29) is 0 Å². The minimum Gasteiger partial charge on any atom is -0.370 e. The maximum Gasteiger partial charge on any atom is 0.144 e. The maximum absolute atomic E-state index is 5.49. The number of hydrogen-bond acceptors (Lipinski definition) is 4. The average Bonchev–Trinajstić information content (AvgIpc) is 2.40. The molecule has 0 radical (unpaired) electrons. The molecule has 4 heteroatoms. The van der Waals surface area contributed by atoms with Gasteiger partial charge in [-0.1, -0.05) is 30.3 Å². The number of nitrogens with one attached hydrogen (secondary N) is 1. The van der Waals surface area contributed by atoms with Crippen LogP contribution in [0, 0.1) is 0 Å². The smallest absolute Gasteiger partial charge is 0.144 e. The first-order chi connectivity index (χ1) is 8.38. The van der Waals surface area contributed by atoms with E-state index in [2.05, 4.69) is 27.4 Å². The summed E-state index contributed by atoms with van der Waals surface area (Å²) in [7, 11) is 0. The molecule has 0 bridgehead atoms. The SMILES string of the molecule is NCc1nccc(NCCc2ccccc2)n1. The van der Waals surface area contributed by atoms with Gasteiger partial charge in [-0.3, -0.25) is 0 Å². The number of aromatic nitrogens is 2. The van der Waals surface area contributed by atoms with Crippen LogP contribution in [0.3, 0.4) is 0 Å². The van der Waals surface area contributed by atoms with E-state index < -0.39 is 0 Å². The topological polar surface area (TPSA) is 63.8 Å². The lowest BCUT2D eigenvalue weighted by molar-refractivity contribution is 0.900. The molecule has 0 aliphatic heterocycles. The van der Waals surface area contributed by atoms with Crippen LogP contribution >= 0.6 is 0 Å². The molecule has 2 rings (SSSR count). The summed E-state index contributed by atoms with van der Waals surface area (Å²) in [5.41, 5.74) is 6.80. The molecular formula is C13H16N4. The van der Waals surface area contributed by atoms with E-state index in [0.29, 0.717) is 12.4 Å². The maximum atomic E-state index is 5.49. The van der Waals surface area contributed by atoms with Gasteiger partial charge in [-0.25, -0.2) is 9.97 Å². The van der Waals surface area contributed by atoms with E-state index in [4.69, 9.17) is 5.73 Å². The quantitative estimate of drug-likeness (QED) is 0.815. The Kier molecular flexibility index (Phi) is 4.05. The van der Waals surface area contributed by atoms with Crippen molar-refractivity contribution in [1.82, 2.24) is 9.97 Å². The van der Waals surface area contributed by atoms with E-state index in [1.165, 1.54) is 5.56 Å². The number of hydrogen-bond donors (Lipinski definition) is 2. The first-order valence-electron chi connectivity index (χ1n) is 5.68. The zero-order valence-electron chi connectivity index (χ0n) is 9.63. The van der Waals surface area contributed by atoms with Crippen molar-refractivity contribution in [3.05, 3.63) is 54.0 Å². The molecule has 2 aromatic rings. The Bertz CT molecular complexity index is 456. The molecule has 0 aliphatic rings. The van der Waals surface area contributed by atoms with Gasteiger partial charge in [-0.05, 0) is 18.1 Å². The predicted octanol–water partition coefficient (Wildman–Crippen LogP) is 1.59. The van der Waals surface area contributed by atoms with Crippen LogP contribution in [-0.4, -0.2) is 16.5 Å². The molecule has 1 aromatic heterocycles. The highest BCUT2D eigenvalue weighted by Crippen LogP contribution is 2.03. The van der Waals surface area contributed by atoms with E-state index in [1.54, 1.807) is 6.20 Å². The molecule has 4 nitrogen and oxygen atoms in total. The van der Waals surface area contributed by atoms with Crippen molar-refractivity contribution in [2.24, 2.45) is 5.73 Å². The molecule has 1 heterocycles. The average molecular weight is 228 g/mol. The molecule has 0 saturated carbocycles. The minimum absolute atomic E-state index is 0.369. The number of nitrogens with two attached hydrogens (primary N) is 1. The lowest BCUT2D eigenvalue weighted by Crippen LogP contribution is -2.09. The van der Waals surface area contributed by atoms with Crippen LogP contribution in [0.25, 0.3) is 0 Å². The normalized spacial score (nSPS) is 10.2. The van der Waals surface area contributed by atoms with Crippen LogP contribution < -0.4 is 11.1 Å². The summed E-state index contributed by atoms with van der Waals surface area (Å²) in [5.74, 6) is 1.49. The van der Waals surface area contributed by atoms with Crippen molar-refractivity contribution in [3.63, 3.8) is 0 Å². The molecule has 1 aromatic carbocycles. The van der Waals surface area contributed by atoms with Crippen LogP contribution in [0.2, 0.25) is 0 Å². The van der Waals surface area contributed by atoms with E-state index in [0.717, 1.165) is 18.8 Å². The van der Waals surface area contributed by atoms with Crippen molar-refractivity contribution in [2.75, 3.05) is 11.9 Å². The van der Waals surface area contributed by atoms with E-state index in [1.807, 2.05) is 24.3 Å². The summed E-state index contributed by atoms with van der Waals surface area (Å²) in [6.07, 6.45) is 2.70. The van der Waals surface area contributed by atoms with Gasteiger partial charge in [0.05, 0.1) is 6.54 Å². The molecule has 17 heavy (non-hydrogen) atoms. The largest absolute Gasteiger partial charge is 0.370 e. The third-order valence-electron chi connectivity index (χ3n) is 2.45. The number of rotatable bonds is 5. The second-order valence-corrected chi connectivity index (χ2v) is 3.72. The third-order valence-corrected chi connectivity index (χ3v) is 2.45. The van der Waals surface area contributed by atoms with E-state index in [9.17, 15) is 0 Å². The summed E-state index contributed by atoms with van der Waals surface area (Å²) in [6, 6.07) is 12.2. The van der Waals surface area contributed by atoms with Gasteiger partial charge in [-0.15, -0.1) is 0 Å². The summed E-state index contributed by atoms with van der Waals surface area (Å²) in [4.78, 5) is 8.32. The molecule has 0 spiro atoms. The first-order valence-corrected chi connectivity index (χ1v) is 5.68. The minimum atomic E-state index is 0.369. The predicted molar refractivity (Wildman–Crippen MR) is 68.6 cm³/mol. The van der Waals surface area contributed by atoms with Gasteiger partial charge in [0.25, 0.3) is 0 Å². The molecule has 0 saturated heterocycles. The van der Waals surface area contributed by atoms with Crippen LogP contribution in [0.1, 0.15) is 11.4 Å². The molecule has 0 unspecified atom stereocenters. The fourth-order valence-electron chi connectivity index (χ4n) is 1.58. The highest BCUT2D eigenvalue weighted by Gasteiger charge is 1.97. The van der Waals surface area contributed by atoms with Gasteiger partial charge in [0.1, 0.15) is 11.6 Å². The highest BCUT2D eigenvalue weighted by atomic mass is 15.0. The van der Waals surface area contributed by atoms with Crippen molar-refractivity contribution in [1.29, 1.82) is 0 Å². The molecular weight excluding hydrogens is 212 g/mol. The number of nitrogens with zero attached hydrogens (tertiary/aromatic N) is 2. The van der Waals surface area contributed by atoms with Crippen molar-refractivity contribution in [3.8, 4) is 0 Å². The second kappa shape index (κ2) is 5.96. The van der Waals surface area contributed by atoms with Gasteiger partial charge in [0.2, 0.25) is 0 Å². The summed E-state index contributed by atoms with van der Waals surface area (Å²) in [6.45, 7) is 1.22. The zero-order valence-corrected chi connectivity index (χ0v) is 9.63. The van der Waals surface area contributed by atoms with Crippen LogP contribution in [0.4, 0.5) is 5.82 Å². The van der Waals surface area contributed by atoms with Crippen molar-refractivity contribution < 1.29 is 0 Å². The Hall–Kier alpha value is -1.94. The lowest BCUT2D eigenvalue weighted by Gasteiger charge is -2.06. The Labute approximate surface area is 101 Å². The standard InChI is InChI=1S/C13H16N4/c14-10-13-16-9-7-12(17-13)15-8-6-11-4-2-1-3-5-11/h1-5,7,9H,6,8,10,14H2,(H,15,16,17). The Morgan fingerprint density at radius 3 is 2.71 bits per heavy atom. The molecule has 0 fully saturated rings. The monoisotopic (exact) mass is 228 g/mol. The molecule has 3 N–H and O–H groups in total.